The maximum atomic E-state index is 11.4. The second-order valence-electron chi connectivity index (χ2n) is 4.44. The Bertz CT molecular complexity index is 515. The predicted molar refractivity (Wildman–Crippen MR) is 68.3 cm³/mol. The van der Waals surface area contributed by atoms with E-state index in [-0.39, 0.29) is 11.5 Å². The molecule has 0 bridgehead atoms. The van der Waals surface area contributed by atoms with Crippen LogP contribution in [-0.4, -0.2) is 44.3 Å². The summed E-state index contributed by atoms with van der Waals surface area (Å²) in [4.78, 5) is 0. The van der Waals surface area contributed by atoms with Gasteiger partial charge in [0.05, 0.1) is 24.7 Å². The van der Waals surface area contributed by atoms with E-state index in [2.05, 4.69) is 5.32 Å². The average Bonchev–Trinajstić information content (AvgIpc) is 2.60. The number of para-hydroxylation sites is 1. The highest BCUT2D eigenvalue weighted by Gasteiger charge is 2.35. The fourth-order valence-corrected chi connectivity index (χ4v) is 3.89. The molecule has 2 rings (SSSR count). The lowest BCUT2D eigenvalue weighted by molar-refractivity contribution is 0.165. The first-order chi connectivity index (χ1) is 8.52. The van der Waals surface area contributed by atoms with Crippen molar-refractivity contribution in [3.05, 3.63) is 29.8 Å². The predicted octanol–water partition coefficient (Wildman–Crippen LogP) is -0.0573. The van der Waals surface area contributed by atoms with E-state index in [1.165, 1.54) is 0 Å². The Kier molecular flexibility index (Phi) is 3.89. The molecule has 5 nitrogen and oxygen atoms in total. The van der Waals surface area contributed by atoms with Crippen LogP contribution in [0.15, 0.2) is 24.3 Å². The van der Waals surface area contributed by atoms with Gasteiger partial charge in [0.1, 0.15) is 5.75 Å². The van der Waals surface area contributed by atoms with E-state index in [9.17, 15) is 13.5 Å². The second-order valence-corrected chi connectivity index (χ2v) is 6.60. The number of aliphatic hydroxyl groups excluding tert-OH is 1. The second kappa shape index (κ2) is 5.26. The standard InChI is InChI=1S/C12H17NO4S/c1-17-12-5-3-2-4-9(12)6-13-10-7-18(15,16)8-11(10)14/h2-5,10-11,13-14H,6-8H2,1H3. The van der Waals surface area contributed by atoms with E-state index in [1.807, 2.05) is 24.3 Å². The summed E-state index contributed by atoms with van der Waals surface area (Å²) in [5, 5.41) is 12.7. The molecule has 1 heterocycles. The summed E-state index contributed by atoms with van der Waals surface area (Å²) in [5.41, 5.74) is 0.941. The maximum Gasteiger partial charge on any atom is 0.154 e. The van der Waals surface area contributed by atoms with E-state index >= 15 is 0 Å². The Morgan fingerprint density at radius 2 is 2.11 bits per heavy atom. The molecular formula is C12H17NO4S. The fourth-order valence-electron chi connectivity index (χ4n) is 2.11. The summed E-state index contributed by atoms with van der Waals surface area (Å²) in [7, 11) is -1.52. The van der Waals surface area contributed by atoms with Crippen molar-refractivity contribution >= 4 is 9.84 Å². The van der Waals surface area contributed by atoms with Crippen LogP contribution in [0.25, 0.3) is 0 Å². The lowest BCUT2D eigenvalue weighted by Gasteiger charge is -2.16. The van der Waals surface area contributed by atoms with Gasteiger partial charge in [0.2, 0.25) is 0 Å². The number of rotatable bonds is 4. The number of benzene rings is 1. The molecule has 2 unspecified atom stereocenters. The van der Waals surface area contributed by atoms with Crippen molar-refractivity contribution in [3.8, 4) is 5.75 Å². The lowest BCUT2D eigenvalue weighted by atomic mass is 10.1. The summed E-state index contributed by atoms with van der Waals surface area (Å²) in [6, 6.07) is 7.11. The minimum absolute atomic E-state index is 0.0106. The first kappa shape index (κ1) is 13.3. The zero-order valence-electron chi connectivity index (χ0n) is 10.2. The summed E-state index contributed by atoms with van der Waals surface area (Å²) >= 11 is 0. The Labute approximate surface area is 107 Å². The van der Waals surface area contributed by atoms with Crippen LogP contribution in [0.2, 0.25) is 0 Å². The molecule has 18 heavy (non-hydrogen) atoms. The van der Waals surface area contributed by atoms with Gasteiger partial charge in [-0.25, -0.2) is 8.42 Å². The highest BCUT2D eigenvalue weighted by molar-refractivity contribution is 7.91. The third-order valence-corrected chi connectivity index (χ3v) is 4.79. The molecule has 0 aliphatic carbocycles. The average molecular weight is 271 g/mol. The van der Waals surface area contributed by atoms with Crippen molar-refractivity contribution in [1.82, 2.24) is 5.32 Å². The first-order valence-corrected chi connectivity index (χ1v) is 7.58. The first-order valence-electron chi connectivity index (χ1n) is 5.75. The van der Waals surface area contributed by atoms with Gasteiger partial charge in [-0.15, -0.1) is 0 Å². The molecule has 1 aromatic carbocycles. The maximum absolute atomic E-state index is 11.4. The van der Waals surface area contributed by atoms with Crippen molar-refractivity contribution in [2.75, 3.05) is 18.6 Å². The summed E-state index contributed by atoms with van der Waals surface area (Å²) < 4.78 is 27.9. The third-order valence-electron chi connectivity index (χ3n) is 3.07. The molecular weight excluding hydrogens is 254 g/mol. The van der Waals surface area contributed by atoms with Crippen LogP contribution in [0.5, 0.6) is 5.75 Å². The molecule has 1 aliphatic rings. The molecule has 0 aromatic heterocycles. The number of hydrogen-bond acceptors (Lipinski definition) is 5. The molecule has 1 aliphatic heterocycles. The number of ether oxygens (including phenoxy) is 1. The molecule has 0 spiro atoms. The van der Waals surface area contributed by atoms with Crippen LogP contribution in [0.3, 0.4) is 0 Å². The minimum atomic E-state index is -3.11. The molecule has 0 radical (unpaired) electrons. The van der Waals surface area contributed by atoms with Crippen molar-refractivity contribution < 1.29 is 18.3 Å². The van der Waals surface area contributed by atoms with Gasteiger partial charge in [-0.2, -0.15) is 0 Å². The molecule has 2 N–H and O–H groups in total. The molecule has 0 saturated carbocycles. The van der Waals surface area contributed by atoms with Gasteiger partial charge in [-0.3, -0.25) is 0 Å². The quantitative estimate of drug-likeness (QED) is 0.802. The van der Waals surface area contributed by atoms with Crippen molar-refractivity contribution in [2.45, 2.75) is 18.7 Å². The van der Waals surface area contributed by atoms with E-state index in [1.54, 1.807) is 7.11 Å². The van der Waals surface area contributed by atoms with Crippen LogP contribution in [-0.2, 0) is 16.4 Å². The Balaban J connectivity index is 2.00. The van der Waals surface area contributed by atoms with Crippen LogP contribution >= 0.6 is 0 Å². The lowest BCUT2D eigenvalue weighted by Crippen LogP contribution is -2.38. The van der Waals surface area contributed by atoms with Crippen LogP contribution in [0.1, 0.15) is 5.56 Å². The Morgan fingerprint density at radius 3 is 2.72 bits per heavy atom. The van der Waals surface area contributed by atoms with E-state index in [0.717, 1.165) is 11.3 Å². The SMILES string of the molecule is COc1ccccc1CNC1CS(=O)(=O)CC1O. The van der Waals surface area contributed by atoms with Gasteiger partial charge < -0.3 is 15.2 Å². The normalized spacial score (nSPS) is 26.1. The van der Waals surface area contributed by atoms with E-state index in [4.69, 9.17) is 4.74 Å². The van der Waals surface area contributed by atoms with Crippen LogP contribution < -0.4 is 10.1 Å². The third kappa shape index (κ3) is 3.01. The Morgan fingerprint density at radius 1 is 1.39 bits per heavy atom. The molecule has 0 amide bonds. The monoisotopic (exact) mass is 271 g/mol. The highest BCUT2D eigenvalue weighted by Crippen LogP contribution is 2.18. The van der Waals surface area contributed by atoms with Crippen molar-refractivity contribution in [1.29, 1.82) is 0 Å². The van der Waals surface area contributed by atoms with Gasteiger partial charge in [0.25, 0.3) is 0 Å². The van der Waals surface area contributed by atoms with Gasteiger partial charge in [-0.1, -0.05) is 18.2 Å². The minimum Gasteiger partial charge on any atom is -0.496 e. The van der Waals surface area contributed by atoms with E-state index < -0.39 is 22.0 Å². The van der Waals surface area contributed by atoms with Crippen molar-refractivity contribution in [3.63, 3.8) is 0 Å². The summed E-state index contributed by atoms with van der Waals surface area (Å²) in [6.45, 7) is 0.473. The molecule has 1 aromatic rings. The molecule has 1 fully saturated rings. The number of nitrogens with one attached hydrogen (secondary N) is 1. The van der Waals surface area contributed by atoms with Gasteiger partial charge >= 0.3 is 0 Å². The van der Waals surface area contributed by atoms with Crippen LogP contribution in [0, 0.1) is 0 Å². The zero-order valence-corrected chi connectivity index (χ0v) is 11.0. The topological polar surface area (TPSA) is 75.6 Å². The fraction of sp³-hybridized carbons (Fsp3) is 0.500. The highest BCUT2D eigenvalue weighted by atomic mass is 32.2. The number of hydrogen-bond donors (Lipinski definition) is 2. The molecule has 6 heteroatoms. The molecule has 100 valence electrons. The van der Waals surface area contributed by atoms with E-state index in [0.29, 0.717) is 6.54 Å². The summed E-state index contributed by atoms with van der Waals surface area (Å²) in [6.07, 6.45) is -0.829. The zero-order chi connectivity index (χ0) is 13.2. The van der Waals surface area contributed by atoms with Crippen molar-refractivity contribution in [2.24, 2.45) is 0 Å². The van der Waals surface area contributed by atoms with Gasteiger partial charge in [0, 0.05) is 18.2 Å². The van der Waals surface area contributed by atoms with Gasteiger partial charge in [-0.05, 0) is 6.07 Å². The number of sulfone groups is 1. The smallest absolute Gasteiger partial charge is 0.154 e. The summed E-state index contributed by atoms with van der Waals surface area (Å²) in [5.74, 6) is 0.584. The van der Waals surface area contributed by atoms with Gasteiger partial charge in [0.15, 0.2) is 9.84 Å². The molecule has 1 saturated heterocycles. The number of aliphatic hydroxyl groups is 1. The largest absolute Gasteiger partial charge is 0.496 e. The Hall–Kier alpha value is -1.11. The molecule has 2 atom stereocenters. The van der Waals surface area contributed by atoms with Crippen LogP contribution in [0.4, 0.5) is 0 Å². The number of methoxy groups -OCH3 is 1.